The van der Waals surface area contributed by atoms with Crippen LogP contribution < -0.4 is 0 Å². The van der Waals surface area contributed by atoms with E-state index in [4.69, 9.17) is 0 Å². The molecule has 0 spiro atoms. The first kappa shape index (κ1) is 8.81. The Labute approximate surface area is 84.0 Å². The van der Waals surface area contributed by atoms with Crippen LogP contribution in [0.4, 0.5) is 10.1 Å². The average Bonchev–Trinajstić information content (AvgIpc) is 2.91. The summed E-state index contributed by atoms with van der Waals surface area (Å²) < 4.78 is 13.4. The van der Waals surface area contributed by atoms with E-state index in [2.05, 4.69) is 25.9 Å². The van der Waals surface area contributed by atoms with Crippen molar-refractivity contribution in [2.75, 3.05) is 0 Å². The lowest BCUT2D eigenvalue weighted by Gasteiger charge is -1.95. The largest absolute Gasteiger partial charge is 0.244 e. The zero-order valence-corrected chi connectivity index (χ0v) is 8.46. The van der Waals surface area contributed by atoms with Crippen LogP contribution in [0.5, 0.6) is 0 Å². The number of aromatic nitrogens is 1. The summed E-state index contributed by atoms with van der Waals surface area (Å²) >= 11 is 3.39. The Kier molecular flexibility index (Phi) is 2.40. The highest BCUT2D eigenvalue weighted by molar-refractivity contribution is 9.18. The lowest BCUT2D eigenvalue weighted by Crippen LogP contribution is -1.87. The number of hydrogen-bond acceptors (Lipinski definition) is 2. The summed E-state index contributed by atoms with van der Waals surface area (Å²) in [4.78, 5) is 7.78. The fraction of sp³-hybridized carbons (Fsp3) is 0.333. The van der Waals surface area contributed by atoms with Gasteiger partial charge in [-0.05, 0) is 40.9 Å². The standard InChI is InChI=1S/C9H8BrFN2/c10-9(6-1-2-6)13-7-3-4-8(11)12-5-7/h3-6H,1-2H2. The van der Waals surface area contributed by atoms with E-state index in [1.54, 1.807) is 6.07 Å². The first-order valence-corrected chi connectivity index (χ1v) is 4.90. The van der Waals surface area contributed by atoms with E-state index in [0.717, 1.165) is 4.62 Å². The van der Waals surface area contributed by atoms with Crippen molar-refractivity contribution in [1.29, 1.82) is 0 Å². The second kappa shape index (κ2) is 3.54. The Morgan fingerprint density at radius 1 is 1.54 bits per heavy atom. The van der Waals surface area contributed by atoms with Crippen LogP contribution >= 0.6 is 15.9 Å². The van der Waals surface area contributed by atoms with Crippen LogP contribution in [0.25, 0.3) is 0 Å². The highest BCUT2D eigenvalue weighted by atomic mass is 79.9. The minimum atomic E-state index is -0.471. The molecule has 0 atom stereocenters. The molecule has 2 nitrogen and oxygen atoms in total. The second-order valence-corrected chi connectivity index (χ2v) is 3.86. The molecule has 13 heavy (non-hydrogen) atoms. The van der Waals surface area contributed by atoms with Gasteiger partial charge in [-0.3, -0.25) is 0 Å². The Morgan fingerprint density at radius 3 is 2.85 bits per heavy atom. The maximum atomic E-state index is 12.4. The van der Waals surface area contributed by atoms with Gasteiger partial charge in [-0.2, -0.15) is 4.39 Å². The Balaban J connectivity index is 2.16. The molecular weight excluding hydrogens is 235 g/mol. The van der Waals surface area contributed by atoms with Gasteiger partial charge < -0.3 is 0 Å². The lowest BCUT2D eigenvalue weighted by molar-refractivity contribution is 0.584. The van der Waals surface area contributed by atoms with E-state index < -0.39 is 5.95 Å². The van der Waals surface area contributed by atoms with Gasteiger partial charge in [-0.25, -0.2) is 9.98 Å². The number of pyridine rings is 1. The van der Waals surface area contributed by atoms with Crippen molar-refractivity contribution in [2.24, 2.45) is 10.9 Å². The first-order chi connectivity index (χ1) is 6.25. The van der Waals surface area contributed by atoms with Crippen LogP contribution in [-0.2, 0) is 0 Å². The van der Waals surface area contributed by atoms with E-state index in [9.17, 15) is 4.39 Å². The van der Waals surface area contributed by atoms with Crippen molar-refractivity contribution < 1.29 is 4.39 Å². The van der Waals surface area contributed by atoms with Crippen LogP contribution in [0.2, 0.25) is 0 Å². The number of aliphatic imine (C=N–C) groups is 1. The fourth-order valence-electron chi connectivity index (χ4n) is 0.970. The molecule has 0 aliphatic heterocycles. The summed E-state index contributed by atoms with van der Waals surface area (Å²) in [6.45, 7) is 0. The van der Waals surface area contributed by atoms with Gasteiger partial charge in [0.05, 0.1) is 16.5 Å². The van der Waals surface area contributed by atoms with Crippen LogP contribution in [0.15, 0.2) is 23.3 Å². The molecular formula is C9H8BrFN2. The SMILES string of the molecule is Fc1ccc(N=C(Br)C2CC2)cn1. The molecule has 0 saturated heterocycles. The monoisotopic (exact) mass is 242 g/mol. The van der Waals surface area contributed by atoms with Crippen molar-refractivity contribution in [3.63, 3.8) is 0 Å². The minimum Gasteiger partial charge on any atom is -0.244 e. The quantitative estimate of drug-likeness (QED) is 0.578. The zero-order valence-electron chi connectivity index (χ0n) is 6.87. The number of hydrogen-bond donors (Lipinski definition) is 0. The minimum absolute atomic E-state index is 0.471. The molecule has 0 unspecified atom stereocenters. The summed E-state index contributed by atoms with van der Waals surface area (Å²) in [6, 6.07) is 2.93. The summed E-state index contributed by atoms with van der Waals surface area (Å²) in [5.41, 5.74) is 0.695. The summed E-state index contributed by atoms with van der Waals surface area (Å²) in [5, 5.41) is 0. The van der Waals surface area contributed by atoms with Crippen LogP contribution in [0.1, 0.15) is 12.8 Å². The Morgan fingerprint density at radius 2 is 2.31 bits per heavy atom. The van der Waals surface area contributed by atoms with Crippen molar-refractivity contribution in [2.45, 2.75) is 12.8 Å². The van der Waals surface area contributed by atoms with Crippen LogP contribution in [0.3, 0.4) is 0 Å². The molecule has 1 heterocycles. The van der Waals surface area contributed by atoms with E-state index >= 15 is 0 Å². The van der Waals surface area contributed by atoms with Gasteiger partial charge in [0.2, 0.25) is 5.95 Å². The number of halogens is 2. The summed E-state index contributed by atoms with van der Waals surface area (Å²) in [7, 11) is 0. The van der Waals surface area contributed by atoms with E-state index in [-0.39, 0.29) is 0 Å². The third kappa shape index (κ3) is 2.34. The molecule has 68 valence electrons. The molecule has 1 aliphatic rings. The molecule has 4 heteroatoms. The molecule has 0 aromatic carbocycles. The smallest absolute Gasteiger partial charge is 0.212 e. The Bertz CT molecular complexity index is 330. The Hall–Kier alpha value is -0.770. The van der Waals surface area contributed by atoms with E-state index in [1.165, 1.54) is 25.1 Å². The van der Waals surface area contributed by atoms with Gasteiger partial charge in [0, 0.05) is 5.92 Å². The topological polar surface area (TPSA) is 25.2 Å². The predicted molar refractivity (Wildman–Crippen MR) is 52.9 cm³/mol. The van der Waals surface area contributed by atoms with Gasteiger partial charge in [-0.1, -0.05) is 0 Å². The first-order valence-electron chi connectivity index (χ1n) is 4.11. The van der Waals surface area contributed by atoms with E-state index in [1.807, 2.05) is 0 Å². The second-order valence-electron chi connectivity index (χ2n) is 3.05. The van der Waals surface area contributed by atoms with Crippen molar-refractivity contribution in [1.82, 2.24) is 4.98 Å². The lowest BCUT2D eigenvalue weighted by atomic mass is 10.4. The van der Waals surface area contributed by atoms with Gasteiger partial charge in [0.25, 0.3) is 0 Å². The van der Waals surface area contributed by atoms with Gasteiger partial charge in [0.15, 0.2) is 0 Å². The maximum absolute atomic E-state index is 12.4. The van der Waals surface area contributed by atoms with Gasteiger partial charge >= 0.3 is 0 Å². The fourth-order valence-corrected chi connectivity index (χ4v) is 1.63. The average molecular weight is 243 g/mol. The van der Waals surface area contributed by atoms with Gasteiger partial charge in [-0.15, -0.1) is 0 Å². The molecule has 1 aliphatic carbocycles. The van der Waals surface area contributed by atoms with Crippen LogP contribution in [-0.4, -0.2) is 9.60 Å². The molecule has 0 amide bonds. The zero-order chi connectivity index (χ0) is 9.26. The third-order valence-electron chi connectivity index (χ3n) is 1.86. The van der Waals surface area contributed by atoms with Crippen molar-refractivity contribution >= 4 is 26.2 Å². The highest BCUT2D eigenvalue weighted by Gasteiger charge is 2.25. The molecule has 1 saturated carbocycles. The van der Waals surface area contributed by atoms with Gasteiger partial charge in [0.1, 0.15) is 0 Å². The third-order valence-corrected chi connectivity index (χ3v) is 2.69. The molecule has 2 rings (SSSR count). The molecule has 1 aromatic rings. The summed E-state index contributed by atoms with van der Waals surface area (Å²) in [6.07, 6.45) is 3.82. The van der Waals surface area contributed by atoms with Crippen molar-refractivity contribution in [3.05, 3.63) is 24.3 Å². The maximum Gasteiger partial charge on any atom is 0.212 e. The number of nitrogens with zero attached hydrogens (tertiary/aromatic N) is 2. The van der Waals surface area contributed by atoms with E-state index in [0.29, 0.717) is 11.6 Å². The molecule has 0 radical (unpaired) electrons. The molecule has 0 bridgehead atoms. The normalized spacial score (nSPS) is 17.5. The molecule has 0 N–H and O–H groups in total. The number of rotatable bonds is 2. The van der Waals surface area contributed by atoms with Crippen molar-refractivity contribution in [3.8, 4) is 0 Å². The molecule has 1 fully saturated rings. The summed E-state index contributed by atoms with van der Waals surface area (Å²) in [5.74, 6) is 0.103. The molecule has 1 aromatic heterocycles. The highest BCUT2D eigenvalue weighted by Crippen LogP contribution is 2.34. The predicted octanol–water partition coefficient (Wildman–Crippen LogP) is 3.06. The van der Waals surface area contributed by atoms with Crippen LogP contribution in [0, 0.1) is 11.9 Å².